The molecule has 21 heavy (non-hydrogen) atoms. The quantitative estimate of drug-likeness (QED) is 0.396. The fraction of sp³-hybridized carbons (Fsp3) is 0.688. The molecule has 0 radical (unpaired) electrons. The molecule has 0 amide bonds. The fourth-order valence-corrected chi connectivity index (χ4v) is 1.80. The van der Waals surface area contributed by atoms with E-state index >= 15 is 0 Å². The molecule has 1 unspecified atom stereocenters. The minimum absolute atomic E-state index is 0.416. The van der Waals surface area contributed by atoms with E-state index in [-0.39, 0.29) is 0 Å². The largest absolute Gasteiger partial charge is 0.469 e. The van der Waals surface area contributed by atoms with Gasteiger partial charge in [-0.05, 0) is 38.3 Å². The maximum atomic E-state index is 5.33. The van der Waals surface area contributed by atoms with Crippen LogP contribution in [0, 0.1) is 0 Å². The highest BCUT2D eigenvalue weighted by atomic mass is 16.5. The number of rotatable bonds is 10. The lowest BCUT2D eigenvalue weighted by Gasteiger charge is -2.16. The first-order chi connectivity index (χ1) is 10.3. The van der Waals surface area contributed by atoms with Gasteiger partial charge in [0.15, 0.2) is 5.96 Å². The van der Waals surface area contributed by atoms with Gasteiger partial charge in [-0.3, -0.25) is 4.99 Å². The molecular weight excluding hydrogens is 266 g/mol. The molecule has 0 aromatic carbocycles. The lowest BCUT2D eigenvalue weighted by Crippen LogP contribution is -2.42. The molecule has 1 rings (SSSR count). The maximum Gasteiger partial charge on any atom is 0.191 e. The first-order valence-corrected chi connectivity index (χ1v) is 7.82. The molecule has 0 saturated carbocycles. The Morgan fingerprint density at radius 1 is 1.43 bits per heavy atom. The van der Waals surface area contributed by atoms with E-state index in [1.54, 1.807) is 13.4 Å². The van der Waals surface area contributed by atoms with E-state index in [0.29, 0.717) is 6.04 Å². The van der Waals surface area contributed by atoms with Crippen molar-refractivity contribution in [3.05, 3.63) is 24.2 Å². The minimum Gasteiger partial charge on any atom is -0.469 e. The first kappa shape index (κ1) is 17.6. The second kappa shape index (κ2) is 11.2. The van der Waals surface area contributed by atoms with Gasteiger partial charge in [0.25, 0.3) is 0 Å². The fourth-order valence-electron chi connectivity index (χ4n) is 1.80. The van der Waals surface area contributed by atoms with E-state index in [1.165, 1.54) is 0 Å². The van der Waals surface area contributed by atoms with Gasteiger partial charge >= 0.3 is 0 Å². The van der Waals surface area contributed by atoms with Crippen molar-refractivity contribution in [2.24, 2.45) is 4.99 Å². The van der Waals surface area contributed by atoms with Crippen molar-refractivity contribution in [3.63, 3.8) is 0 Å². The molecule has 1 aromatic rings. The SMILES string of the molecule is CCC(C)NC(=NCCCCOC)NCCc1ccco1. The molecule has 5 nitrogen and oxygen atoms in total. The van der Waals surface area contributed by atoms with E-state index in [9.17, 15) is 0 Å². The van der Waals surface area contributed by atoms with Gasteiger partial charge in [-0.2, -0.15) is 0 Å². The summed E-state index contributed by atoms with van der Waals surface area (Å²) in [6.07, 6.45) is 5.72. The average Bonchev–Trinajstić information content (AvgIpc) is 2.99. The van der Waals surface area contributed by atoms with Gasteiger partial charge in [-0.1, -0.05) is 6.92 Å². The Balaban J connectivity index is 2.33. The van der Waals surface area contributed by atoms with Crippen LogP contribution in [0.5, 0.6) is 0 Å². The van der Waals surface area contributed by atoms with Crippen LogP contribution >= 0.6 is 0 Å². The Morgan fingerprint density at radius 3 is 2.95 bits per heavy atom. The molecule has 2 N–H and O–H groups in total. The van der Waals surface area contributed by atoms with Crippen LogP contribution in [-0.4, -0.2) is 38.8 Å². The topological polar surface area (TPSA) is 58.8 Å². The molecule has 0 spiro atoms. The van der Waals surface area contributed by atoms with Crippen molar-refractivity contribution in [1.29, 1.82) is 0 Å². The van der Waals surface area contributed by atoms with Crippen LogP contribution in [0.4, 0.5) is 0 Å². The lowest BCUT2D eigenvalue weighted by atomic mass is 10.3. The van der Waals surface area contributed by atoms with Gasteiger partial charge in [-0.25, -0.2) is 0 Å². The molecule has 1 atom stereocenters. The van der Waals surface area contributed by atoms with Crippen molar-refractivity contribution >= 4 is 5.96 Å². The van der Waals surface area contributed by atoms with Gasteiger partial charge in [-0.15, -0.1) is 0 Å². The molecular formula is C16H29N3O2. The highest BCUT2D eigenvalue weighted by Crippen LogP contribution is 1.99. The predicted octanol–water partition coefficient (Wildman–Crippen LogP) is 2.58. The minimum atomic E-state index is 0.416. The van der Waals surface area contributed by atoms with Crippen LogP contribution in [0.25, 0.3) is 0 Å². The Bertz CT molecular complexity index is 377. The van der Waals surface area contributed by atoms with Crippen LogP contribution in [0.1, 0.15) is 38.9 Å². The predicted molar refractivity (Wildman–Crippen MR) is 86.7 cm³/mol. The number of unbranched alkanes of at least 4 members (excludes halogenated alkanes) is 1. The van der Waals surface area contributed by atoms with Gasteiger partial charge < -0.3 is 19.8 Å². The van der Waals surface area contributed by atoms with E-state index in [0.717, 1.165) is 57.1 Å². The zero-order valence-corrected chi connectivity index (χ0v) is 13.5. The molecule has 1 aromatic heterocycles. The molecule has 0 aliphatic rings. The molecule has 0 aliphatic heterocycles. The lowest BCUT2D eigenvalue weighted by molar-refractivity contribution is 0.193. The van der Waals surface area contributed by atoms with Crippen LogP contribution in [0.15, 0.2) is 27.8 Å². The number of methoxy groups -OCH3 is 1. The number of furan rings is 1. The molecule has 0 aliphatic carbocycles. The van der Waals surface area contributed by atoms with Gasteiger partial charge in [0.2, 0.25) is 0 Å². The van der Waals surface area contributed by atoms with Crippen molar-refractivity contribution in [2.75, 3.05) is 26.8 Å². The van der Waals surface area contributed by atoms with Crippen LogP contribution in [-0.2, 0) is 11.2 Å². The average molecular weight is 295 g/mol. The molecule has 0 fully saturated rings. The number of guanidine groups is 1. The highest BCUT2D eigenvalue weighted by molar-refractivity contribution is 5.80. The third-order valence-corrected chi connectivity index (χ3v) is 3.27. The van der Waals surface area contributed by atoms with Crippen molar-refractivity contribution in [2.45, 2.75) is 45.6 Å². The van der Waals surface area contributed by atoms with Crippen LogP contribution < -0.4 is 10.6 Å². The van der Waals surface area contributed by atoms with Gasteiger partial charge in [0.05, 0.1) is 6.26 Å². The second-order valence-corrected chi connectivity index (χ2v) is 5.14. The monoisotopic (exact) mass is 295 g/mol. The molecule has 0 saturated heterocycles. The van der Waals surface area contributed by atoms with E-state index < -0.39 is 0 Å². The summed E-state index contributed by atoms with van der Waals surface area (Å²) in [5.74, 6) is 1.87. The van der Waals surface area contributed by atoms with Crippen molar-refractivity contribution in [1.82, 2.24) is 10.6 Å². The smallest absolute Gasteiger partial charge is 0.191 e. The maximum absolute atomic E-state index is 5.33. The van der Waals surface area contributed by atoms with E-state index in [4.69, 9.17) is 9.15 Å². The van der Waals surface area contributed by atoms with Crippen molar-refractivity contribution < 1.29 is 9.15 Å². The Hall–Kier alpha value is -1.49. The number of hydrogen-bond donors (Lipinski definition) is 2. The Kier molecular flexibility index (Phi) is 9.37. The number of hydrogen-bond acceptors (Lipinski definition) is 3. The van der Waals surface area contributed by atoms with Crippen LogP contribution in [0.3, 0.4) is 0 Å². The summed E-state index contributed by atoms with van der Waals surface area (Å²) in [5, 5.41) is 6.78. The third-order valence-electron chi connectivity index (χ3n) is 3.27. The van der Waals surface area contributed by atoms with E-state index in [2.05, 4.69) is 29.5 Å². The summed E-state index contributed by atoms with van der Waals surface area (Å²) in [5.41, 5.74) is 0. The zero-order valence-electron chi connectivity index (χ0n) is 13.5. The van der Waals surface area contributed by atoms with Crippen LogP contribution in [0.2, 0.25) is 0 Å². The normalized spacial score (nSPS) is 13.2. The number of aliphatic imine (C=N–C) groups is 1. The third kappa shape index (κ3) is 8.40. The number of nitrogens with zero attached hydrogens (tertiary/aromatic N) is 1. The number of nitrogens with one attached hydrogen (secondary N) is 2. The highest BCUT2D eigenvalue weighted by Gasteiger charge is 2.03. The van der Waals surface area contributed by atoms with Crippen molar-refractivity contribution in [3.8, 4) is 0 Å². The molecule has 120 valence electrons. The molecule has 1 heterocycles. The summed E-state index contributed by atoms with van der Waals surface area (Å²) in [6, 6.07) is 4.32. The first-order valence-electron chi connectivity index (χ1n) is 7.82. The zero-order chi connectivity index (χ0) is 15.3. The number of ether oxygens (including phenoxy) is 1. The summed E-state index contributed by atoms with van der Waals surface area (Å²) in [6.45, 7) is 6.75. The van der Waals surface area contributed by atoms with E-state index in [1.807, 2.05) is 12.1 Å². The summed E-state index contributed by atoms with van der Waals surface area (Å²) in [4.78, 5) is 4.61. The van der Waals surface area contributed by atoms with Gasteiger partial charge in [0, 0.05) is 39.3 Å². The summed E-state index contributed by atoms with van der Waals surface area (Å²) in [7, 11) is 1.73. The summed E-state index contributed by atoms with van der Waals surface area (Å²) >= 11 is 0. The molecule has 0 bridgehead atoms. The Morgan fingerprint density at radius 2 is 2.29 bits per heavy atom. The standard InChI is InChI=1S/C16H29N3O2/c1-4-14(2)19-16(17-10-5-6-12-20-3)18-11-9-15-8-7-13-21-15/h7-8,13-14H,4-6,9-12H2,1-3H3,(H2,17,18,19). The van der Waals surface area contributed by atoms with Gasteiger partial charge in [0.1, 0.15) is 5.76 Å². The second-order valence-electron chi connectivity index (χ2n) is 5.14. The summed E-state index contributed by atoms with van der Waals surface area (Å²) < 4.78 is 10.4. The Labute approximate surface area is 128 Å². The molecule has 5 heteroatoms.